The number of halogens is 1. The Morgan fingerprint density at radius 3 is 2.71 bits per heavy atom. The molecule has 4 rings (SSSR count). The van der Waals surface area contributed by atoms with Gasteiger partial charge >= 0.3 is 0 Å². The van der Waals surface area contributed by atoms with Crippen LogP contribution in [0.2, 0.25) is 5.02 Å². The fraction of sp³-hybridized carbons (Fsp3) is 0.389. The first-order chi connectivity index (χ1) is 13.5. The molecule has 1 fully saturated rings. The highest BCUT2D eigenvalue weighted by atomic mass is 35.5. The average Bonchev–Trinajstić information content (AvgIpc) is 3.25. The van der Waals surface area contributed by atoms with Crippen LogP contribution in [0, 0.1) is 5.92 Å². The van der Waals surface area contributed by atoms with Crippen LogP contribution < -0.4 is 10.9 Å². The lowest BCUT2D eigenvalue weighted by Gasteiger charge is -2.22. The summed E-state index contributed by atoms with van der Waals surface area (Å²) in [5, 5.41) is 36.7. The van der Waals surface area contributed by atoms with Gasteiger partial charge in [0.2, 0.25) is 5.49 Å². The summed E-state index contributed by atoms with van der Waals surface area (Å²) in [5.74, 6) is -0.540. The predicted octanol–water partition coefficient (Wildman–Crippen LogP) is 0.464. The van der Waals surface area contributed by atoms with Gasteiger partial charge < -0.3 is 30.3 Å². The van der Waals surface area contributed by atoms with Crippen LogP contribution in [-0.4, -0.2) is 54.1 Å². The van der Waals surface area contributed by atoms with Crippen molar-refractivity contribution in [3.05, 3.63) is 53.0 Å². The third-order valence-electron chi connectivity index (χ3n) is 5.28. The van der Waals surface area contributed by atoms with E-state index >= 15 is 0 Å². The second-order valence-electron chi connectivity index (χ2n) is 6.86. The molecule has 1 aliphatic carbocycles. The molecule has 28 heavy (non-hydrogen) atoms. The molecule has 0 amide bonds. The van der Waals surface area contributed by atoms with Gasteiger partial charge in [0.05, 0.1) is 30.9 Å². The predicted molar refractivity (Wildman–Crippen MR) is 102 cm³/mol. The number of nitrogens with one attached hydrogen (secondary N) is 2. The summed E-state index contributed by atoms with van der Waals surface area (Å²) < 4.78 is 1.76. The molecule has 0 spiro atoms. The fourth-order valence-electron chi connectivity index (χ4n) is 3.86. The quantitative estimate of drug-likeness (QED) is 0.401. The SMILES string of the molecule is CN/N=c1/nc[nH]c2c1ncn2[C@@H]1C[C@H]([C@H](O)c2ccc(Cl)cc2)[C@@H](O)[C@H]1O. The minimum atomic E-state index is -1.09. The number of nitrogens with zero attached hydrogens (tertiary/aromatic N) is 4. The number of H-pyrrole nitrogens is 1. The van der Waals surface area contributed by atoms with E-state index in [2.05, 4.69) is 25.5 Å². The highest BCUT2D eigenvalue weighted by Gasteiger charge is 2.46. The normalized spacial score (nSPS) is 26.7. The molecular formula is C18H21ClN6O3. The standard InChI is InChI=1S/C18H21ClN6O3/c1-20-24-17-13-18(22-7-21-17)25(8-23-13)12-6-11(15(27)16(12)28)14(26)9-2-4-10(19)5-3-9/h2-5,7-8,11-12,14-16,20,26-28H,6H2,1H3,(H,21,22,24)/t11-,12-,14-,15-,16+/m1/s1. The summed E-state index contributed by atoms with van der Waals surface area (Å²) in [7, 11) is 1.67. The van der Waals surface area contributed by atoms with E-state index in [1.165, 1.54) is 6.33 Å². The van der Waals surface area contributed by atoms with E-state index in [9.17, 15) is 15.3 Å². The van der Waals surface area contributed by atoms with Crippen molar-refractivity contribution in [3.8, 4) is 0 Å². The van der Waals surface area contributed by atoms with Gasteiger partial charge in [0.25, 0.3) is 0 Å². The van der Waals surface area contributed by atoms with Crippen molar-refractivity contribution in [1.82, 2.24) is 24.9 Å². The summed E-state index contributed by atoms with van der Waals surface area (Å²) in [6, 6.07) is 6.35. The minimum Gasteiger partial charge on any atom is -0.390 e. The van der Waals surface area contributed by atoms with Crippen LogP contribution in [0.5, 0.6) is 0 Å². The highest BCUT2D eigenvalue weighted by Crippen LogP contribution is 2.42. The number of aliphatic hydroxyl groups is 3. The maximum absolute atomic E-state index is 10.8. The highest BCUT2D eigenvalue weighted by molar-refractivity contribution is 6.30. The van der Waals surface area contributed by atoms with E-state index in [4.69, 9.17) is 11.6 Å². The molecule has 0 saturated heterocycles. The number of hydrogen-bond acceptors (Lipinski definition) is 7. The van der Waals surface area contributed by atoms with E-state index in [0.29, 0.717) is 33.7 Å². The molecule has 9 nitrogen and oxygen atoms in total. The molecule has 2 heterocycles. The molecule has 2 aromatic heterocycles. The number of imidazole rings is 1. The Morgan fingerprint density at radius 1 is 1.25 bits per heavy atom. The monoisotopic (exact) mass is 404 g/mol. The molecule has 10 heteroatoms. The molecule has 5 atom stereocenters. The Hall–Kier alpha value is -2.46. The summed E-state index contributed by atoms with van der Waals surface area (Å²) in [4.78, 5) is 11.5. The van der Waals surface area contributed by atoms with Crippen molar-refractivity contribution in [2.24, 2.45) is 11.0 Å². The van der Waals surface area contributed by atoms with Gasteiger partial charge in [-0.25, -0.2) is 9.97 Å². The van der Waals surface area contributed by atoms with Gasteiger partial charge in [0, 0.05) is 18.0 Å². The molecular weight excluding hydrogens is 384 g/mol. The zero-order chi connectivity index (χ0) is 19.8. The number of benzene rings is 1. The molecule has 1 saturated carbocycles. The van der Waals surface area contributed by atoms with Gasteiger partial charge in [-0.2, -0.15) is 5.10 Å². The molecule has 148 valence electrons. The molecule has 1 aromatic carbocycles. The van der Waals surface area contributed by atoms with Gasteiger partial charge in [0.15, 0.2) is 5.52 Å². The zero-order valence-electron chi connectivity index (χ0n) is 15.1. The minimum absolute atomic E-state index is 0.367. The molecule has 0 radical (unpaired) electrons. The van der Waals surface area contributed by atoms with E-state index in [1.807, 2.05) is 0 Å². The maximum atomic E-state index is 10.8. The van der Waals surface area contributed by atoms with Crippen LogP contribution in [0.3, 0.4) is 0 Å². The summed E-state index contributed by atoms with van der Waals surface area (Å²) in [6.45, 7) is 0. The second kappa shape index (κ2) is 7.51. The third kappa shape index (κ3) is 3.16. The lowest BCUT2D eigenvalue weighted by atomic mass is 9.92. The maximum Gasteiger partial charge on any atom is 0.202 e. The number of hydrogen-bond donors (Lipinski definition) is 5. The summed E-state index contributed by atoms with van der Waals surface area (Å²) in [6.07, 6.45) is 0.366. The third-order valence-corrected chi connectivity index (χ3v) is 5.53. The largest absolute Gasteiger partial charge is 0.390 e. The average molecular weight is 405 g/mol. The Kier molecular flexibility index (Phi) is 5.07. The Bertz CT molecular complexity index is 1030. The van der Waals surface area contributed by atoms with Gasteiger partial charge in [-0.05, 0) is 24.1 Å². The Morgan fingerprint density at radius 2 is 2.00 bits per heavy atom. The fourth-order valence-corrected chi connectivity index (χ4v) is 3.99. The number of aromatic nitrogens is 4. The number of aromatic amines is 1. The lowest BCUT2D eigenvalue weighted by molar-refractivity contribution is -0.0264. The molecule has 1 aliphatic rings. The first kappa shape index (κ1) is 18.9. The van der Waals surface area contributed by atoms with Gasteiger partial charge in [-0.1, -0.05) is 23.7 Å². The van der Waals surface area contributed by atoms with Crippen LogP contribution in [0.15, 0.2) is 42.0 Å². The van der Waals surface area contributed by atoms with Crippen LogP contribution in [-0.2, 0) is 0 Å². The van der Waals surface area contributed by atoms with Crippen LogP contribution in [0.1, 0.15) is 24.1 Å². The van der Waals surface area contributed by atoms with E-state index in [0.717, 1.165) is 0 Å². The molecule has 3 aromatic rings. The number of rotatable bonds is 4. The van der Waals surface area contributed by atoms with Crippen molar-refractivity contribution in [2.45, 2.75) is 30.8 Å². The Balaban J connectivity index is 1.67. The Labute approximate surface area is 165 Å². The van der Waals surface area contributed by atoms with E-state index in [-0.39, 0.29) is 0 Å². The van der Waals surface area contributed by atoms with E-state index in [1.54, 1.807) is 42.2 Å². The van der Waals surface area contributed by atoms with Gasteiger partial charge in [0.1, 0.15) is 11.8 Å². The molecule has 0 aliphatic heterocycles. The number of aliphatic hydroxyl groups excluding tert-OH is 3. The van der Waals surface area contributed by atoms with Crippen molar-refractivity contribution < 1.29 is 15.3 Å². The summed E-state index contributed by atoms with van der Waals surface area (Å²) >= 11 is 5.91. The second-order valence-corrected chi connectivity index (χ2v) is 7.29. The summed E-state index contributed by atoms with van der Waals surface area (Å²) in [5.41, 5.74) is 4.91. The lowest BCUT2D eigenvalue weighted by Crippen LogP contribution is -2.31. The van der Waals surface area contributed by atoms with Crippen molar-refractivity contribution >= 4 is 22.8 Å². The van der Waals surface area contributed by atoms with Crippen molar-refractivity contribution in [3.63, 3.8) is 0 Å². The van der Waals surface area contributed by atoms with Crippen LogP contribution in [0.25, 0.3) is 11.2 Å². The van der Waals surface area contributed by atoms with E-state index < -0.39 is 30.3 Å². The first-order valence-electron chi connectivity index (χ1n) is 8.91. The van der Waals surface area contributed by atoms with Crippen molar-refractivity contribution in [1.29, 1.82) is 0 Å². The molecule has 0 unspecified atom stereocenters. The van der Waals surface area contributed by atoms with Crippen LogP contribution >= 0.6 is 11.6 Å². The van der Waals surface area contributed by atoms with Crippen LogP contribution in [0.4, 0.5) is 0 Å². The number of fused-ring (bicyclic) bond motifs is 1. The van der Waals surface area contributed by atoms with Gasteiger partial charge in [-0.3, -0.25) is 0 Å². The first-order valence-corrected chi connectivity index (χ1v) is 9.29. The molecule has 5 N–H and O–H groups in total. The van der Waals surface area contributed by atoms with Gasteiger partial charge in [-0.15, -0.1) is 0 Å². The van der Waals surface area contributed by atoms with Crippen molar-refractivity contribution in [2.75, 3.05) is 7.05 Å². The smallest absolute Gasteiger partial charge is 0.202 e. The molecule has 0 bridgehead atoms. The zero-order valence-corrected chi connectivity index (χ0v) is 15.8. The topological polar surface area (TPSA) is 132 Å².